The lowest BCUT2D eigenvalue weighted by molar-refractivity contribution is 0.282. The van der Waals surface area contributed by atoms with Gasteiger partial charge in [0, 0.05) is 24.8 Å². The van der Waals surface area contributed by atoms with Gasteiger partial charge in [0.25, 0.3) is 0 Å². The van der Waals surface area contributed by atoms with Crippen LogP contribution in [0.25, 0.3) is 0 Å². The maximum absolute atomic E-state index is 9.10. The number of nitrogens with zero attached hydrogens (tertiary/aromatic N) is 2. The minimum absolute atomic E-state index is 0.0777. The molecule has 0 saturated carbocycles. The first-order chi connectivity index (χ1) is 6.42. The van der Waals surface area contributed by atoms with Crippen LogP contribution in [0.2, 0.25) is 0 Å². The summed E-state index contributed by atoms with van der Waals surface area (Å²) in [5.41, 5.74) is 1.98. The first-order valence-corrected chi connectivity index (χ1v) is 4.35. The van der Waals surface area contributed by atoms with Gasteiger partial charge in [0.1, 0.15) is 0 Å². The number of pyridine rings is 1. The number of rotatable bonds is 2. The molecule has 3 nitrogen and oxygen atoms in total. The van der Waals surface area contributed by atoms with Gasteiger partial charge < -0.3 is 10.0 Å². The van der Waals surface area contributed by atoms with Gasteiger partial charge in [-0.25, -0.2) is 0 Å². The summed E-state index contributed by atoms with van der Waals surface area (Å²) in [6, 6.07) is 1.85. The summed E-state index contributed by atoms with van der Waals surface area (Å²) in [5.74, 6) is 0. The minimum Gasteiger partial charge on any atom is -0.392 e. The average Bonchev–Trinajstić information content (AvgIpc) is 2.70. The second-order valence-corrected chi connectivity index (χ2v) is 3.04. The predicted molar refractivity (Wildman–Crippen MR) is 51.5 cm³/mol. The van der Waals surface area contributed by atoms with E-state index in [1.165, 1.54) is 0 Å². The van der Waals surface area contributed by atoms with E-state index in [0.717, 1.165) is 24.3 Å². The van der Waals surface area contributed by atoms with Crippen molar-refractivity contribution in [1.82, 2.24) is 4.98 Å². The molecule has 0 aliphatic carbocycles. The SMILES string of the molecule is OCc1ccncc1N1CC=CC1. The maximum atomic E-state index is 9.10. The van der Waals surface area contributed by atoms with Crippen molar-refractivity contribution < 1.29 is 5.11 Å². The molecule has 2 heterocycles. The summed E-state index contributed by atoms with van der Waals surface area (Å²) in [7, 11) is 0. The van der Waals surface area contributed by atoms with Crippen LogP contribution in [0.5, 0.6) is 0 Å². The lowest BCUT2D eigenvalue weighted by Crippen LogP contribution is -2.20. The van der Waals surface area contributed by atoms with E-state index in [1.54, 1.807) is 12.4 Å². The third-order valence-corrected chi connectivity index (χ3v) is 2.22. The molecule has 0 unspecified atom stereocenters. The molecule has 0 aromatic carbocycles. The van der Waals surface area contributed by atoms with Crippen LogP contribution < -0.4 is 4.90 Å². The van der Waals surface area contributed by atoms with E-state index in [-0.39, 0.29) is 6.61 Å². The van der Waals surface area contributed by atoms with Crippen LogP contribution in [-0.4, -0.2) is 23.2 Å². The zero-order chi connectivity index (χ0) is 9.10. The Morgan fingerprint density at radius 1 is 1.38 bits per heavy atom. The summed E-state index contributed by atoms with van der Waals surface area (Å²) >= 11 is 0. The Kier molecular flexibility index (Phi) is 2.27. The number of hydrogen-bond donors (Lipinski definition) is 1. The van der Waals surface area contributed by atoms with Crippen LogP contribution in [0.4, 0.5) is 5.69 Å². The monoisotopic (exact) mass is 176 g/mol. The maximum Gasteiger partial charge on any atom is 0.0703 e. The molecule has 1 N–H and O–H groups in total. The second-order valence-electron chi connectivity index (χ2n) is 3.04. The van der Waals surface area contributed by atoms with Crippen molar-refractivity contribution in [2.24, 2.45) is 0 Å². The Morgan fingerprint density at radius 2 is 2.15 bits per heavy atom. The van der Waals surface area contributed by atoms with Crippen LogP contribution in [0, 0.1) is 0 Å². The number of aliphatic hydroxyl groups is 1. The molecule has 0 atom stereocenters. The Bertz CT molecular complexity index is 314. The van der Waals surface area contributed by atoms with E-state index in [1.807, 2.05) is 6.07 Å². The van der Waals surface area contributed by atoms with Crippen molar-refractivity contribution in [3.63, 3.8) is 0 Å². The second kappa shape index (κ2) is 3.58. The van der Waals surface area contributed by atoms with Gasteiger partial charge in [-0.15, -0.1) is 0 Å². The lowest BCUT2D eigenvalue weighted by Gasteiger charge is -2.19. The number of hydrogen-bond acceptors (Lipinski definition) is 3. The smallest absolute Gasteiger partial charge is 0.0703 e. The minimum atomic E-state index is 0.0777. The predicted octanol–water partition coefficient (Wildman–Crippen LogP) is 0.950. The molecule has 68 valence electrons. The van der Waals surface area contributed by atoms with Crippen LogP contribution in [0.1, 0.15) is 5.56 Å². The highest BCUT2D eigenvalue weighted by molar-refractivity contribution is 5.53. The number of anilines is 1. The fourth-order valence-electron chi connectivity index (χ4n) is 1.51. The van der Waals surface area contributed by atoms with Crippen molar-refractivity contribution in [2.45, 2.75) is 6.61 Å². The Hall–Kier alpha value is -1.35. The molecule has 0 bridgehead atoms. The summed E-state index contributed by atoms with van der Waals surface area (Å²) in [5, 5.41) is 9.10. The van der Waals surface area contributed by atoms with Crippen molar-refractivity contribution in [1.29, 1.82) is 0 Å². The first-order valence-electron chi connectivity index (χ1n) is 4.35. The molecule has 1 aliphatic rings. The third kappa shape index (κ3) is 1.55. The van der Waals surface area contributed by atoms with Gasteiger partial charge in [0.05, 0.1) is 18.5 Å². The molecule has 13 heavy (non-hydrogen) atoms. The van der Waals surface area contributed by atoms with Crippen molar-refractivity contribution in [2.75, 3.05) is 18.0 Å². The molecule has 2 rings (SSSR count). The molecule has 0 saturated heterocycles. The van der Waals surface area contributed by atoms with Crippen molar-refractivity contribution >= 4 is 5.69 Å². The van der Waals surface area contributed by atoms with Gasteiger partial charge in [-0.3, -0.25) is 4.98 Å². The highest BCUT2D eigenvalue weighted by Crippen LogP contribution is 2.20. The van der Waals surface area contributed by atoms with E-state index >= 15 is 0 Å². The molecule has 1 aromatic rings. The van der Waals surface area contributed by atoms with Gasteiger partial charge in [-0.1, -0.05) is 12.2 Å². The summed E-state index contributed by atoms with van der Waals surface area (Å²) < 4.78 is 0. The van der Waals surface area contributed by atoms with E-state index in [4.69, 9.17) is 5.11 Å². The Labute approximate surface area is 77.3 Å². The molecule has 3 heteroatoms. The van der Waals surface area contributed by atoms with Crippen LogP contribution >= 0.6 is 0 Å². The van der Waals surface area contributed by atoms with E-state index in [2.05, 4.69) is 22.0 Å². The Morgan fingerprint density at radius 3 is 2.85 bits per heavy atom. The quantitative estimate of drug-likeness (QED) is 0.681. The topological polar surface area (TPSA) is 36.4 Å². The average molecular weight is 176 g/mol. The molecule has 1 aliphatic heterocycles. The van der Waals surface area contributed by atoms with Crippen molar-refractivity contribution in [3.05, 3.63) is 36.2 Å². The molecular formula is C10H12N2O. The highest BCUT2D eigenvalue weighted by atomic mass is 16.3. The normalized spacial score (nSPS) is 15.3. The molecule has 0 spiro atoms. The first kappa shape index (κ1) is 8.26. The fraction of sp³-hybridized carbons (Fsp3) is 0.300. The van der Waals surface area contributed by atoms with E-state index < -0.39 is 0 Å². The van der Waals surface area contributed by atoms with Gasteiger partial charge in [-0.2, -0.15) is 0 Å². The summed E-state index contributed by atoms with van der Waals surface area (Å²) in [6.45, 7) is 1.91. The number of aliphatic hydroxyl groups excluding tert-OH is 1. The highest BCUT2D eigenvalue weighted by Gasteiger charge is 2.10. The summed E-state index contributed by atoms with van der Waals surface area (Å²) in [6.07, 6.45) is 7.75. The van der Waals surface area contributed by atoms with Gasteiger partial charge in [-0.05, 0) is 6.07 Å². The zero-order valence-electron chi connectivity index (χ0n) is 7.35. The zero-order valence-corrected chi connectivity index (χ0v) is 7.35. The summed E-state index contributed by atoms with van der Waals surface area (Å²) in [4.78, 5) is 6.24. The van der Waals surface area contributed by atoms with Crippen LogP contribution in [-0.2, 0) is 6.61 Å². The van der Waals surface area contributed by atoms with Crippen LogP contribution in [0.15, 0.2) is 30.6 Å². The molecule has 0 fully saturated rings. The van der Waals surface area contributed by atoms with Gasteiger partial charge >= 0.3 is 0 Å². The molecule has 0 amide bonds. The van der Waals surface area contributed by atoms with E-state index in [9.17, 15) is 0 Å². The van der Waals surface area contributed by atoms with Gasteiger partial charge in [0.15, 0.2) is 0 Å². The van der Waals surface area contributed by atoms with E-state index in [0.29, 0.717) is 0 Å². The molecule has 0 radical (unpaired) electrons. The van der Waals surface area contributed by atoms with Crippen molar-refractivity contribution in [3.8, 4) is 0 Å². The van der Waals surface area contributed by atoms with Gasteiger partial charge in [0.2, 0.25) is 0 Å². The Balaban J connectivity index is 2.27. The largest absolute Gasteiger partial charge is 0.392 e. The molecule has 1 aromatic heterocycles. The number of aromatic nitrogens is 1. The fourth-order valence-corrected chi connectivity index (χ4v) is 1.51. The van der Waals surface area contributed by atoms with Crippen LogP contribution in [0.3, 0.4) is 0 Å². The third-order valence-electron chi connectivity index (χ3n) is 2.22. The molecular weight excluding hydrogens is 164 g/mol. The lowest BCUT2D eigenvalue weighted by atomic mass is 10.2. The standard InChI is InChI=1S/C10H12N2O/c13-8-9-3-4-11-7-10(9)12-5-1-2-6-12/h1-4,7,13H,5-6,8H2.